The summed E-state index contributed by atoms with van der Waals surface area (Å²) >= 11 is 0. The summed E-state index contributed by atoms with van der Waals surface area (Å²) in [5, 5.41) is 20.8. The molecule has 0 spiro atoms. The van der Waals surface area contributed by atoms with Crippen molar-refractivity contribution in [1.82, 2.24) is 0 Å². The molecule has 7 heteroatoms. The molecule has 28 heavy (non-hydrogen) atoms. The fourth-order valence-corrected chi connectivity index (χ4v) is 2.26. The number of rotatable bonds is 7. The van der Waals surface area contributed by atoms with Crippen LogP contribution >= 0.6 is 0 Å². The van der Waals surface area contributed by atoms with Gasteiger partial charge in [-0.3, -0.25) is 4.79 Å². The first-order valence-corrected chi connectivity index (χ1v) is 7.99. The Morgan fingerprint density at radius 1 is 1.25 bits per heavy atom. The Kier molecular flexibility index (Phi) is 6.79. The number of benzene rings is 2. The molecule has 0 fully saturated rings. The van der Waals surface area contributed by atoms with Crippen molar-refractivity contribution < 1.29 is 24.2 Å². The summed E-state index contributed by atoms with van der Waals surface area (Å²) in [4.78, 5) is 23.4. The maximum atomic E-state index is 12.4. The number of nitrogens with one attached hydrogen (secondary N) is 1. The number of terminal acetylenes is 1. The molecule has 0 atom stereocenters. The third kappa shape index (κ3) is 5.13. The lowest BCUT2D eigenvalue weighted by atomic mass is 10.1. The van der Waals surface area contributed by atoms with E-state index >= 15 is 0 Å². The van der Waals surface area contributed by atoms with Crippen LogP contribution in [-0.4, -0.2) is 30.7 Å². The van der Waals surface area contributed by atoms with Crippen LogP contribution in [0.2, 0.25) is 0 Å². The Bertz CT molecular complexity index is 1010. The van der Waals surface area contributed by atoms with Crippen LogP contribution in [0.1, 0.15) is 15.9 Å². The van der Waals surface area contributed by atoms with E-state index in [1.807, 2.05) is 6.07 Å². The average molecular weight is 376 g/mol. The molecule has 0 aromatic heterocycles. The predicted molar refractivity (Wildman–Crippen MR) is 103 cm³/mol. The topological polar surface area (TPSA) is 109 Å². The van der Waals surface area contributed by atoms with Gasteiger partial charge in [-0.1, -0.05) is 18.1 Å². The summed E-state index contributed by atoms with van der Waals surface area (Å²) in [6.45, 7) is 0.0762. The van der Waals surface area contributed by atoms with Crippen LogP contribution in [0.4, 0.5) is 5.69 Å². The molecule has 0 bridgehead atoms. The highest BCUT2D eigenvalue weighted by Crippen LogP contribution is 2.29. The second kappa shape index (κ2) is 9.46. The van der Waals surface area contributed by atoms with Gasteiger partial charge in [-0.15, -0.1) is 6.42 Å². The van der Waals surface area contributed by atoms with E-state index in [4.69, 9.17) is 21.0 Å². The van der Waals surface area contributed by atoms with E-state index in [9.17, 15) is 14.9 Å². The van der Waals surface area contributed by atoms with Crippen molar-refractivity contribution in [2.75, 3.05) is 19.0 Å². The number of nitriles is 1. The van der Waals surface area contributed by atoms with Crippen LogP contribution in [0, 0.1) is 23.7 Å². The molecule has 0 aliphatic heterocycles. The average Bonchev–Trinajstić information content (AvgIpc) is 2.70. The number of hydrogen-bond acceptors (Lipinski definition) is 5. The van der Waals surface area contributed by atoms with Crippen molar-refractivity contribution in [1.29, 1.82) is 5.26 Å². The number of ether oxygens (including phenoxy) is 2. The van der Waals surface area contributed by atoms with Crippen molar-refractivity contribution >= 4 is 23.6 Å². The quantitative estimate of drug-likeness (QED) is 0.437. The van der Waals surface area contributed by atoms with E-state index in [1.54, 1.807) is 18.2 Å². The first kappa shape index (κ1) is 20.1. The van der Waals surface area contributed by atoms with Gasteiger partial charge in [0, 0.05) is 5.69 Å². The third-order valence-electron chi connectivity index (χ3n) is 3.54. The van der Waals surface area contributed by atoms with Gasteiger partial charge in [-0.25, -0.2) is 4.79 Å². The van der Waals surface area contributed by atoms with E-state index < -0.39 is 11.9 Å². The van der Waals surface area contributed by atoms with Gasteiger partial charge in [0.15, 0.2) is 11.5 Å². The van der Waals surface area contributed by atoms with Gasteiger partial charge in [0.1, 0.15) is 18.2 Å². The molecular weight excluding hydrogens is 360 g/mol. The lowest BCUT2D eigenvalue weighted by Crippen LogP contribution is -2.14. The summed E-state index contributed by atoms with van der Waals surface area (Å²) < 4.78 is 10.6. The van der Waals surface area contributed by atoms with Crippen molar-refractivity contribution in [3.63, 3.8) is 0 Å². The summed E-state index contributed by atoms with van der Waals surface area (Å²) in [7, 11) is 1.46. The number of hydrogen-bond donors (Lipinski definition) is 2. The molecule has 2 aromatic carbocycles. The summed E-state index contributed by atoms with van der Waals surface area (Å²) in [5.41, 5.74) is 0.658. The second-order valence-corrected chi connectivity index (χ2v) is 5.41. The number of anilines is 1. The fourth-order valence-electron chi connectivity index (χ4n) is 2.26. The maximum Gasteiger partial charge on any atom is 0.335 e. The molecule has 0 aliphatic rings. The van der Waals surface area contributed by atoms with Crippen molar-refractivity contribution in [3.8, 4) is 29.9 Å². The SMILES string of the molecule is C#CCOc1ccc(/C=C(/C#N)C(=O)Nc2cccc(C(=O)O)c2)cc1OC. The molecule has 140 valence electrons. The largest absolute Gasteiger partial charge is 0.493 e. The monoisotopic (exact) mass is 376 g/mol. The number of aromatic carboxylic acids is 1. The highest BCUT2D eigenvalue weighted by atomic mass is 16.5. The van der Waals surface area contributed by atoms with Gasteiger partial charge >= 0.3 is 5.97 Å². The summed E-state index contributed by atoms with van der Waals surface area (Å²) in [6.07, 6.45) is 6.54. The molecule has 0 heterocycles. The first-order chi connectivity index (χ1) is 13.5. The molecule has 1 amide bonds. The second-order valence-electron chi connectivity index (χ2n) is 5.41. The van der Waals surface area contributed by atoms with E-state index in [1.165, 1.54) is 37.5 Å². The lowest BCUT2D eigenvalue weighted by molar-refractivity contribution is -0.112. The van der Waals surface area contributed by atoms with Gasteiger partial charge in [0.05, 0.1) is 12.7 Å². The van der Waals surface area contributed by atoms with Crippen LogP contribution in [0.25, 0.3) is 6.08 Å². The Morgan fingerprint density at radius 2 is 2.04 bits per heavy atom. The molecule has 0 saturated carbocycles. The standard InChI is InChI=1S/C21H16N2O5/c1-3-9-28-18-8-7-14(11-19(18)27-2)10-16(13-22)20(24)23-17-6-4-5-15(12-17)21(25)26/h1,4-8,10-12H,9H2,2H3,(H,23,24)(H,25,26)/b16-10-. The minimum absolute atomic E-state index is 0.0209. The highest BCUT2D eigenvalue weighted by Gasteiger charge is 2.12. The minimum Gasteiger partial charge on any atom is -0.493 e. The number of amides is 1. The van der Waals surface area contributed by atoms with Crippen LogP contribution in [0.3, 0.4) is 0 Å². The Morgan fingerprint density at radius 3 is 2.68 bits per heavy atom. The normalized spacial score (nSPS) is 10.3. The number of carbonyl (C=O) groups excluding carboxylic acids is 1. The minimum atomic E-state index is -1.12. The number of nitrogens with zero attached hydrogens (tertiary/aromatic N) is 1. The number of carboxylic acids is 1. The van der Waals surface area contributed by atoms with Gasteiger partial charge in [-0.2, -0.15) is 5.26 Å². The number of carbonyl (C=O) groups is 2. The zero-order chi connectivity index (χ0) is 20.5. The molecule has 0 radical (unpaired) electrons. The molecule has 2 aromatic rings. The van der Waals surface area contributed by atoms with Gasteiger partial charge in [0.2, 0.25) is 0 Å². The smallest absolute Gasteiger partial charge is 0.335 e. The van der Waals surface area contributed by atoms with Gasteiger partial charge < -0.3 is 19.9 Å². The van der Waals surface area contributed by atoms with Crippen LogP contribution < -0.4 is 14.8 Å². The number of carboxylic acid groups (broad SMARTS) is 1. The molecular formula is C21H16N2O5. The molecule has 0 aliphatic carbocycles. The number of methoxy groups -OCH3 is 1. The van der Waals surface area contributed by atoms with Crippen LogP contribution in [0.15, 0.2) is 48.0 Å². The zero-order valence-electron chi connectivity index (χ0n) is 14.9. The zero-order valence-corrected chi connectivity index (χ0v) is 14.9. The Balaban J connectivity index is 2.24. The van der Waals surface area contributed by atoms with Crippen molar-refractivity contribution in [2.24, 2.45) is 0 Å². The van der Waals surface area contributed by atoms with Gasteiger partial charge in [0.25, 0.3) is 5.91 Å². The summed E-state index contributed by atoms with van der Waals surface area (Å²) in [5.74, 6) is 1.40. The Hall–Kier alpha value is -4.23. The molecule has 2 N–H and O–H groups in total. The highest BCUT2D eigenvalue weighted by molar-refractivity contribution is 6.10. The molecule has 7 nitrogen and oxygen atoms in total. The maximum absolute atomic E-state index is 12.4. The molecule has 2 rings (SSSR count). The molecule has 0 unspecified atom stereocenters. The van der Waals surface area contributed by atoms with Crippen LogP contribution in [0.5, 0.6) is 11.5 Å². The van der Waals surface area contributed by atoms with Crippen molar-refractivity contribution in [3.05, 3.63) is 59.2 Å². The third-order valence-corrected chi connectivity index (χ3v) is 3.54. The van der Waals surface area contributed by atoms with Crippen molar-refractivity contribution in [2.45, 2.75) is 0 Å². The summed E-state index contributed by atoms with van der Waals surface area (Å²) in [6, 6.07) is 12.4. The van der Waals surface area contributed by atoms with E-state index in [-0.39, 0.29) is 23.4 Å². The van der Waals surface area contributed by atoms with Gasteiger partial charge in [-0.05, 0) is 42.0 Å². The predicted octanol–water partition coefficient (Wildman–Crippen LogP) is 2.95. The first-order valence-electron chi connectivity index (χ1n) is 7.99. The van der Waals surface area contributed by atoms with E-state index in [0.29, 0.717) is 17.1 Å². The lowest BCUT2D eigenvalue weighted by Gasteiger charge is -2.09. The fraction of sp³-hybridized carbons (Fsp3) is 0.0952. The van der Waals surface area contributed by atoms with E-state index in [0.717, 1.165) is 0 Å². The van der Waals surface area contributed by atoms with E-state index in [2.05, 4.69) is 11.2 Å². The van der Waals surface area contributed by atoms with Crippen LogP contribution in [-0.2, 0) is 4.79 Å². The Labute approximate surface area is 161 Å². The molecule has 0 saturated heterocycles.